The maximum absolute atomic E-state index is 12.8. The minimum absolute atomic E-state index is 0.130. The Morgan fingerprint density at radius 2 is 2.27 bits per heavy atom. The molecule has 0 radical (unpaired) electrons. The molecule has 138 valence electrons. The number of pyridine rings is 1. The molecule has 1 saturated heterocycles. The van der Waals surface area contributed by atoms with Crippen LogP contribution in [0.15, 0.2) is 35.1 Å². The SMILES string of the molecule is COC(=O)N1CCCC[C@@H]1C(=O)N(C)Cc1cc(-c2cccnc2)no1. The largest absolute Gasteiger partial charge is 0.453 e. The molecule has 0 unspecified atom stereocenters. The third-order valence-corrected chi connectivity index (χ3v) is 4.48. The second-order valence-corrected chi connectivity index (χ2v) is 6.29. The number of carbonyl (C=O) groups excluding carboxylic acids is 2. The van der Waals surface area contributed by atoms with E-state index in [1.807, 2.05) is 12.1 Å². The van der Waals surface area contributed by atoms with Gasteiger partial charge in [0.1, 0.15) is 11.7 Å². The van der Waals surface area contributed by atoms with E-state index in [-0.39, 0.29) is 12.5 Å². The van der Waals surface area contributed by atoms with Crippen molar-refractivity contribution in [1.82, 2.24) is 19.9 Å². The molecule has 3 rings (SSSR count). The summed E-state index contributed by atoms with van der Waals surface area (Å²) in [5, 5.41) is 4.03. The molecule has 1 aliphatic rings. The van der Waals surface area contributed by atoms with Crippen molar-refractivity contribution in [2.45, 2.75) is 31.8 Å². The summed E-state index contributed by atoms with van der Waals surface area (Å²) in [6.45, 7) is 0.808. The van der Waals surface area contributed by atoms with Crippen LogP contribution in [0.4, 0.5) is 4.79 Å². The van der Waals surface area contributed by atoms with E-state index in [0.717, 1.165) is 18.4 Å². The normalized spacial score (nSPS) is 17.0. The van der Waals surface area contributed by atoms with Gasteiger partial charge in [-0.15, -0.1) is 0 Å². The topological polar surface area (TPSA) is 88.8 Å². The highest BCUT2D eigenvalue weighted by atomic mass is 16.5. The van der Waals surface area contributed by atoms with Gasteiger partial charge in [0, 0.05) is 37.6 Å². The van der Waals surface area contributed by atoms with Gasteiger partial charge in [0.25, 0.3) is 0 Å². The Morgan fingerprint density at radius 3 is 3.00 bits per heavy atom. The number of nitrogens with zero attached hydrogens (tertiary/aromatic N) is 4. The van der Waals surface area contributed by atoms with Gasteiger partial charge in [0.15, 0.2) is 5.76 Å². The maximum Gasteiger partial charge on any atom is 0.410 e. The zero-order valence-corrected chi connectivity index (χ0v) is 14.9. The van der Waals surface area contributed by atoms with E-state index in [0.29, 0.717) is 24.4 Å². The van der Waals surface area contributed by atoms with E-state index >= 15 is 0 Å². The molecule has 2 aromatic heterocycles. The fourth-order valence-corrected chi connectivity index (χ4v) is 3.13. The predicted molar refractivity (Wildman–Crippen MR) is 93.0 cm³/mol. The van der Waals surface area contributed by atoms with E-state index in [9.17, 15) is 9.59 Å². The molecular weight excluding hydrogens is 336 g/mol. The van der Waals surface area contributed by atoms with Gasteiger partial charge in [-0.2, -0.15) is 0 Å². The Hall–Kier alpha value is -2.90. The molecule has 0 aliphatic carbocycles. The molecule has 0 aromatic carbocycles. The number of amides is 2. The van der Waals surface area contributed by atoms with Gasteiger partial charge in [-0.1, -0.05) is 5.16 Å². The summed E-state index contributed by atoms with van der Waals surface area (Å²) in [5.41, 5.74) is 1.52. The lowest BCUT2D eigenvalue weighted by Crippen LogP contribution is -2.52. The number of hydrogen-bond acceptors (Lipinski definition) is 6. The summed E-state index contributed by atoms with van der Waals surface area (Å²) in [7, 11) is 3.02. The van der Waals surface area contributed by atoms with E-state index in [1.54, 1.807) is 30.4 Å². The van der Waals surface area contributed by atoms with Crippen molar-refractivity contribution in [3.8, 4) is 11.3 Å². The third-order valence-electron chi connectivity index (χ3n) is 4.48. The average Bonchev–Trinajstić information content (AvgIpc) is 3.16. The van der Waals surface area contributed by atoms with Crippen LogP contribution in [0.1, 0.15) is 25.0 Å². The van der Waals surface area contributed by atoms with Crippen molar-refractivity contribution in [3.05, 3.63) is 36.4 Å². The van der Waals surface area contributed by atoms with Gasteiger partial charge >= 0.3 is 6.09 Å². The minimum Gasteiger partial charge on any atom is -0.453 e. The molecule has 0 N–H and O–H groups in total. The van der Waals surface area contributed by atoms with Crippen LogP contribution in [0.5, 0.6) is 0 Å². The van der Waals surface area contributed by atoms with Crippen LogP contribution in [0.25, 0.3) is 11.3 Å². The zero-order chi connectivity index (χ0) is 18.5. The Labute approximate surface area is 151 Å². The van der Waals surface area contributed by atoms with Crippen molar-refractivity contribution in [3.63, 3.8) is 0 Å². The number of aromatic nitrogens is 2. The number of methoxy groups -OCH3 is 1. The second-order valence-electron chi connectivity index (χ2n) is 6.29. The number of carbonyl (C=O) groups is 2. The minimum atomic E-state index is -0.498. The quantitative estimate of drug-likeness (QED) is 0.833. The fourth-order valence-electron chi connectivity index (χ4n) is 3.13. The van der Waals surface area contributed by atoms with E-state index in [4.69, 9.17) is 9.26 Å². The van der Waals surface area contributed by atoms with Crippen LogP contribution in [-0.4, -0.2) is 58.7 Å². The van der Waals surface area contributed by atoms with Crippen molar-refractivity contribution in [1.29, 1.82) is 0 Å². The summed E-state index contributed by atoms with van der Waals surface area (Å²) < 4.78 is 10.1. The first kappa shape index (κ1) is 17.9. The molecule has 2 aromatic rings. The number of hydrogen-bond donors (Lipinski definition) is 0. The summed E-state index contributed by atoms with van der Waals surface area (Å²) >= 11 is 0. The first-order valence-electron chi connectivity index (χ1n) is 8.55. The van der Waals surface area contributed by atoms with Crippen molar-refractivity contribution < 1.29 is 18.8 Å². The van der Waals surface area contributed by atoms with Gasteiger partial charge in [-0.3, -0.25) is 14.7 Å². The molecular formula is C18H22N4O4. The predicted octanol–water partition coefficient (Wildman–Crippen LogP) is 2.32. The summed E-state index contributed by atoms with van der Waals surface area (Å²) in [4.78, 5) is 31.9. The molecule has 26 heavy (non-hydrogen) atoms. The van der Waals surface area contributed by atoms with Crippen molar-refractivity contribution in [2.75, 3.05) is 20.7 Å². The van der Waals surface area contributed by atoms with Crippen LogP contribution >= 0.6 is 0 Å². The smallest absolute Gasteiger partial charge is 0.410 e. The number of piperidine rings is 1. The highest BCUT2D eigenvalue weighted by Gasteiger charge is 2.34. The summed E-state index contributed by atoms with van der Waals surface area (Å²) in [6, 6.07) is 5.01. The first-order valence-corrected chi connectivity index (χ1v) is 8.55. The molecule has 8 nitrogen and oxygen atoms in total. The molecule has 3 heterocycles. The van der Waals surface area contributed by atoms with Gasteiger partial charge in [-0.05, 0) is 31.4 Å². The Morgan fingerprint density at radius 1 is 1.42 bits per heavy atom. The second kappa shape index (κ2) is 7.99. The van der Waals surface area contributed by atoms with Crippen LogP contribution in [0.2, 0.25) is 0 Å². The lowest BCUT2D eigenvalue weighted by Gasteiger charge is -2.35. The molecule has 1 fully saturated rings. The van der Waals surface area contributed by atoms with E-state index in [1.165, 1.54) is 12.0 Å². The maximum atomic E-state index is 12.8. The Bertz CT molecular complexity index is 762. The fraction of sp³-hybridized carbons (Fsp3) is 0.444. The average molecular weight is 358 g/mol. The Balaban J connectivity index is 1.67. The van der Waals surface area contributed by atoms with E-state index < -0.39 is 12.1 Å². The van der Waals surface area contributed by atoms with Gasteiger partial charge < -0.3 is 14.2 Å². The van der Waals surface area contributed by atoms with Crippen LogP contribution in [0, 0.1) is 0 Å². The molecule has 1 aliphatic heterocycles. The number of ether oxygens (including phenoxy) is 1. The van der Waals surface area contributed by atoms with Crippen LogP contribution < -0.4 is 0 Å². The number of likely N-dealkylation sites (tertiary alicyclic amines) is 1. The number of rotatable bonds is 4. The van der Waals surface area contributed by atoms with Gasteiger partial charge in [0.05, 0.1) is 13.7 Å². The van der Waals surface area contributed by atoms with Crippen LogP contribution in [0.3, 0.4) is 0 Å². The summed E-state index contributed by atoms with van der Waals surface area (Å²) in [6.07, 6.45) is 5.34. The molecule has 1 atom stereocenters. The number of likely N-dealkylation sites (N-methyl/N-ethyl adjacent to an activating group) is 1. The molecule has 2 amide bonds. The van der Waals surface area contributed by atoms with E-state index in [2.05, 4.69) is 10.1 Å². The first-order chi connectivity index (χ1) is 12.6. The molecule has 0 saturated carbocycles. The van der Waals surface area contributed by atoms with Gasteiger partial charge in [-0.25, -0.2) is 4.79 Å². The summed E-state index contributed by atoms with van der Waals surface area (Å²) in [5.74, 6) is 0.439. The highest BCUT2D eigenvalue weighted by Crippen LogP contribution is 2.22. The highest BCUT2D eigenvalue weighted by molar-refractivity contribution is 5.85. The van der Waals surface area contributed by atoms with Gasteiger partial charge in [0.2, 0.25) is 5.91 Å². The molecule has 0 bridgehead atoms. The lowest BCUT2D eigenvalue weighted by molar-refractivity contribution is -0.137. The van der Waals surface area contributed by atoms with Crippen molar-refractivity contribution in [2.24, 2.45) is 0 Å². The van der Waals surface area contributed by atoms with Crippen LogP contribution in [-0.2, 0) is 16.1 Å². The lowest BCUT2D eigenvalue weighted by atomic mass is 10.0. The third kappa shape index (κ3) is 3.84. The monoisotopic (exact) mass is 358 g/mol. The molecule has 0 spiro atoms. The Kier molecular flexibility index (Phi) is 5.50. The zero-order valence-electron chi connectivity index (χ0n) is 14.9. The standard InChI is InChI=1S/C18H22N4O4/c1-21(17(23)16-7-3-4-9-22(16)18(24)25-2)12-14-10-15(20-26-14)13-6-5-8-19-11-13/h5-6,8,10-11,16H,3-4,7,9,12H2,1-2H3/t16-/m1/s1. The molecule has 8 heteroatoms. The van der Waals surface area contributed by atoms with Crippen molar-refractivity contribution >= 4 is 12.0 Å².